The average Bonchev–Trinajstić information content (AvgIpc) is 3.46. The van der Waals surface area contributed by atoms with E-state index in [2.05, 4.69) is 86.6 Å². The van der Waals surface area contributed by atoms with E-state index in [0.717, 1.165) is 72.5 Å². The van der Waals surface area contributed by atoms with Crippen LogP contribution in [0.4, 0.5) is 0 Å². The van der Waals surface area contributed by atoms with Crippen molar-refractivity contribution < 1.29 is 4.42 Å². The van der Waals surface area contributed by atoms with E-state index in [0.29, 0.717) is 5.89 Å². The average molecular weight is 504 g/mol. The molecule has 4 nitrogen and oxygen atoms in total. The minimum absolute atomic E-state index is 0.646. The molecule has 4 heteroatoms. The summed E-state index contributed by atoms with van der Waals surface area (Å²) in [7, 11) is 0. The van der Waals surface area contributed by atoms with Crippen LogP contribution in [0.25, 0.3) is 67.2 Å². The van der Waals surface area contributed by atoms with Gasteiger partial charge in [0, 0.05) is 16.7 Å². The van der Waals surface area contributed by atoms with Crippen molar-refractivity contribution in [1.82, 2.24) is 15.0 Å². The maximum atomic E-state index is 6.13. The Morgan fingerprint density at radius 2 is 0.923 bits per heavy atom. The van der Waals surface area contributed by atoms with Crippen LogP contribution in [0.15, 0.2) is 120 Å². The van der Waals surface area contributed by atoms with Gasteiger partial charge < -0.3 is 4.42 Å². The van der Waals surface area contributed by atoms with E-state index in [4.69, 9.17) is 19.4 Å². The largest absolute Gasteiger partial charge is 0.436 e. The molecule has 0 N–H and O–H groups in total. The molecule has 2 heterocycles. The van der Waals surface area contributed by atoms with Gasteiger partial charge >= 0.3 is 0 Å². The number of rotatable bonds is 4. The second-order valence-electron chi connectivity index (χ2n) is 9.83. The van der Waals surface area contributed by atoms with Crippen LogP contribution in [0.2, 0.25) is 0 Å². The Labute approximate surface area is 226 Å². The number of oxazole rings is 1. The zero-order chi connectivity index (χ0) is 26.3. The standard InChI is InChI=1S/C35H25N3O/c1-22-12-13-23(2)34-31(22)38-35(39-34)28-20-16-25(17-21-28)24-14-18-27(19-15-24)33-32(26-8-4-3-5-9-26)36-29-10-6-7-11-30(29)37-33/h3-21H,1-2H3. The summed E-state index contributed by atoms with van der Waals surface area (Å²) in [6.07, 6.45) is 0. The fourth-order valence-corrected chi connectivity index (χ4v) is 5.01. The van der Waals surface area contributed by atoms with Crippen molar-refractivity contribution in [2.75, 3.05) is 0 Å². The van der Waals surface area contributed by atoms with Gasteiger partial charge in [-0.15, -0.1) is 0 Å². The van der Waals surface area contributed by atoms with Gasteiger partial charge in [0.2, 0.25) is 5.89 Å². The van der Waals surface area contributed by atoms with Crippen molar-refractivity contribution >= 4 is 22.1 Å². The van der Waals surface area contributed by atoms with Gasteiger partial charge in [-0.05, 0) is 60.4 Å². The minimum atomic E-state index is 0.646. The normalized spacial score (nSPS) is 11.3. The molecule has 0 aliphatic carbocycles. The number of para-hydroxylation sites is 2. The number of aromatic nitrogens is 3. The van der Waals surface area contributed by atoms with Crippen molar-refractivity contribution in [3.05, 3.63) is 126 Å². The monoisotopic (exact) mass is 503 g/mol. The Hall–Kier alpha value is -5.09. The third kappa shape index (κ3) is 4.16. The fourth-order valence-electron chi connectivity index (χ4n) is 5.01. The Balaban J connectivity index is 1.23. The summed E-state index contributed by atoms with van der Waals surface area (Å²) in [6, 6.07) is 39.3. The maximum absolute atomic E-state index is 6.13. The van der Waals surface area contributed by atoms with Crippen molar-refractivity contribution in [2.45, 2.75) is 13.8 Å². The van der Waals surface area contributed by atoms with Crippen LogP contribution in [0.5, 0.6) is 0 Å². The number of hydrogen-bond acceptors (Lipinski definition) is 4. The predicted octanol–water partition coefficient (Wildman–Crippen LogP) is 9.06. The molecule has 7 aromatic rings. The highest BCUT2D eigenvalue weighted by atomic mass is 16.3. The van der Waals surface area contributed by atoms with Gasteiger partial charge in [-0.3, -0.25) is 0 Å². The molecule has 7 rings (SSSR count). The van der Waals surface area contributed by atoms with Crippen LogP contribution in [-0.4, -0.2) is 15.0 Å². The van der Waals surface area contributed by atoms with Gasteiger partial charge in [0.05, 0.1) is 22.4 Å². The molecule has 39 heavy (non-hydrogen) atoms. The highest BCUT2D eigenvalue weighted by Gasteiger charge is 2.14. The number of aryl methyl sites for hydroxylation is 2. The molecule has 0 spiro atoms. The van der Waals surface area contributed by atoms with E-state index >= 15 is 0 Å². The van der Waals surface area contributed by atoms with E-state index in [-0.39, 0.29) is 0 Å². The van der Waals surface area contributed by atoms with E-state index in [9.17, 15) is 0 Å². The Morgan fingerprint density at radius 3 is 1.51 bits per heavy atom. The molecule has 0 saturated carbocycles. The van der Waals surface area contributed by atoms with E-state index in [1.54, 1.807) is 0 Å². The number of fused-ring (bicyclic) bond motifs is 2. The van der Waals surface area contributed by atoms with Gasteiger partial charge in [-0.2, -0.15) is 0 Å². The summed E-state index contributed by atoms with van der Waals surface area (Å²) in [5, 5.41) is 0. The summed E-state index contributed by atoms with van der Waals surface area (Å²) in [6.45, 7) is 4.11. The first kappa shape index (κ1) is 23.1. The highest BCUT2D eigenvalue weighted by Crippen LogP contribution is 2.33. The first-order chi connectivity index (χ1) is 19.1. The number of hydrogen-bond donors (Lipinski definition) is 0. The molecule has 0 radical (unpaired) electrons. The predicted molar refractivity (Wildman–Crippen MR) is 158 cm³/mol. The zero-order valence-corrected chi connectivity index (χ0v) is 21.7. The van der Waals surface area contributed by atoms with E-state index in [1.165, 1.54) is 0 Å². The second kappa shape index (κ2) is 9.34. The van der Waals surface area contributed by atoms with Gasteiger partial charge in [0.15, 0.2) is 5.58 Å². The van der Waals surface area contributed by atoms with Gasteiger partial charge in [-0.25, -0.2) is 15.0 Å². The third-order valence-electron chi connectivity index (χ3n) is 7.18. The fraction of sp³-hybridized carbons (Fsp3) is 0.0571. The van der Waals surface area contributed by atoms with E-state index < -0.39 is 0 Å². The van der Waals surface area contributed by atoms with Gasteiger partial charge in [0.1, 0.15) is 5.52 Å². The first-order valence-corrected chi connectivity index (χ1v) is 13.0. The molecular formula is C35H25N3O. The van der Waals surface area contributed by atoms with Crippen molar-refractivity contribution in [3.63, 3.8) is 0 Å². The second-order valence-corrected chi connectivity index (χ2v) is 9.83. The van der Waals surface area contributed by atoms with Crippen molar-refractivity contribution in [3.8, 4) is 45.1 Å². The first-order valence-electron chi connectivity index (χ1n) is 13.0. The zero-order valence-electron chi connectivity index (χ0n) is 21.7. The summed E-state index contributed by atoms with van der Waals surface area (Å²) in [5.41, 5.74) is 12.8. The lowest BCUT2D eigenvalue weighted by molar-refractivity contribution is 0.617. The number of nitrogens with zero attached hydrogens (tertiary/aromatic N) is 3. The van der Waals surface area contributed by atoms with Crippen molar-refractivity contribution in [1.29, 1.82) is 0 Å². The van der Waals surface area contributed by atoms with E-state index in [1.807, 2.05) is 42.5 Å². The molecule has 0 aliphatic heterocycles. The third-order valence-corrected chi connectivity index (χ3v) is 7.18. The topological polar surface area (TPSA) is 51.8 Å². The molecule has 0 aliphatic rings. The molecule has 5 aromatic carbocycles. The summed E-state index contributed by atoms with van der Waals surface area (Å²) < 4.78 is 6.13. The molecule has 0 fully saturated rings. The van der Waals surface area contributed by atoms with Crippen LogP contribution in [0, 0.1) is 13.8 Å². The molecule has 0 amide bonds. The number of benzene rings is 5. The lowest BCUT2D eigenvalue weighted by atomic mass is 9.99. The SMILES string of the molecule is Cc1ccc(C)c2oc(-c3ccc(-c4ccc(-c5nc6ccccc6nc5-c5ccccc5)cc4)cc3)nc12. The molecular weight excluding hydrogens is 478 g/mol. The summed E-state index contributed by atoms with van der Waals surface area (Å²) >= 11 is 0. The highest BCUT2D eigenvalue weighted by molar-refractivity contribution is 5.87. The van der Waals surface area contributed by atoms with Gasteiger partial charge in [0.25, 0.3) is 0 Å². The molecule has 0 unspecified atom stereocenters. The lowest BCUT2D eigenvalue weighted by Gasteiger charge is -2.11. The summed E-state index contributed by atoms with van der Waals surface area (Å²) in [5.74, 6) is 0.646. The molecule has 186 valence electrons. The quantitative estimate of drug-likeness (QED) is 0.240. The summed E-state index contributed by atoms with van der Waals surface area (Å²) in [4.78, 5) is 14.8. The Morgan fingerprint density at radius 1 is 0.436 bits per heavy atom. The molecule has 2 aromatic heterocycles. The molecule has 0 bridgehead atoms. The smallest absolute Gasteiger partial charge is 0.227 e. The molecule has 0 saturated heterocycles. The van der Waals surface area contributed by atoms with Crippen LogP contribution < -0.4 is 0 Å². The minimum Gasteiger partial charge on any atom is -0.436 e. The van der Waals surface area contributed by atoms with Crippen LogP contribution in [0.1, 0.15) is 11.1 Å². The lowest BCUT2D eigenvalue weighted by Crippen LogP contribution is -1.95. The van der Waals surface area contributed by atoms with Crippen molar-refractivity contribution in [2.24, 2.45) is 0 Å². The maximum Gasteiger partial charge on any atom is 0.227 e. The van der Waals surface area contributed by atoms with Gasteiger partial charge in [-0.1, -0.05) is 91.0 Å². The molecule has 0 atom stereocenters. The van der Waals surface area contributed by atoms with Crippen LogP contribution in [-0.2, 0) is 0 Å². The Kier molecular flexibility index (Phi) is 5.52. The van der Waals surface area contributed by atoms with Crippen LogP contribution >= 0.6 is 0 Å². The van der Waals surface area contributed by atoms with Crippen LogP contribution in [0.3, 0.4) is 0 Å². The Bertz CT molecular complexity index is 1920.